The topological polar surface area (TPSA) is 51.7 Å². The normalized spacial score (nSPS) is 16.2. The van der Waals surface area contributed by atoms with Crippen molar-refractivity contribution in [3.8, 4) is 5.75 Å². The molecule has 1 aromatic heterocycles. The highest BCUT2D eigenvalue weighted by Crippen LogP contribution is 2.39. The third-order valence-corrected chi connectivity index (χ3v) is 7.58. The van der Waals surface area contributed by atoms with Gasteiger partial charge in [-0.1, -0.05) is 36.8 Å². The van der Waals surface area contributed by atoms with Crippen LogP contribution in [0.4, 0.5) is 5.13 Å². The van der Waals surface area contributed by atoms with E-state index in [-0.39, 0.29) is 12.0 Å². The van der Waals surface area contributed by atoms with Crippen LogP contribution in [0.2, 0.25) is 5.02 Å². The molecule has 1 unspecified atom stereocenters. The molecule has 2 aromatic carbocycles. The maximum Gasteiger partial charge on any atom is 0.260 e. The lowest BCUT2D eigenvalue weighted by atomic mass is 10.2. The Morgan fingerprint density at radius 1 is 1.32 bits per heavy atom. The number of thiazole rings is 1. The van der Waals surface area contributed by atoms with Gasteiger partial charge in [0.05, 0.1) is 29.5 Å². The maximum atomic E-state index is 13.5. The summed E-state index contributed by atoms with van der Waals surface area (Å²) < 4.78 is 12.1. The van der Waals surface area contributed by atoms with Gasteiger partial charge >= 0.3 is 0 Å². The molecule has 0 bridgehead atoms. The first-order valence-electron chi connectivity index (χ1n) is 10.3. The second kappa shape index (κ2) is 9.77. The monoisotopic (exact) mass is 476 g/mol. The standard InChI is InChI=1S/C23H25ClN2O3S2/c1-14(2)30-17-8-6-15(7-9-17)22(27)26(13-16-5-4-12-29-16)23-25-20-19(28-3)11-10-18(24)21(20)31-23/h6-11,14,16H,4-5,12-13H2,1-3H3. The molecule has 0 spiro atoms. The van der Waals surface area contributed by atoms with Crippen LogP contribution in [0.15, 0.2) is 41.3 Å². The van der Waals surface area contributed by atoms with Crippen molar-refractivity contribution < 1.29 is 14.3 Å². The van der Waals surface area contributed by atoms with Gasteiger partial charge in [-0.2, -0.15) is 0 Å². The molecule has 1 saturated heterocycles. The van der Waals surface area contributed by atoms with Gasteiger partial charge in [-0.3, -0.25) is 9.69 Å². The number of carbonyl (C=O) groups excluding carboxylic acids is 1. The van der Waals surface area contributed by atoms with E-state index in [0.717, 1.165) is 29.0 Å². The van der Waals surface area contributed by atoms with Crippen molar-refractivity contribution in [1.29, 1.82) is 0 Å². The fraction of sp³-hybridized carbons (Fsp3) is 0.391. The van der Waals surface area contributed by atoms with Crippen molar-refractivity contribution in [2.24, 2.45) is 0 Å². The number of hydrogen-bond donors (Lipinski definition) is 0. The van der Waals surface area contributed by atoms with Crippen molar-refractivity contribution in [2.45, 2.75) is 42.9 Å². The van der Waals surface area contributed by atoms with Gasteiger partial charge in [0.1, 0.15) is 11.3 Å². The largest absolute Gasteiger partial charge is 0.494 e. The van der Waals surface area contributed by atoms with Gasteiger partial charge in [0.15, 0.2) is 5.13 Å². The number of fused-ring (bicyclic) bond motifs is 1. The first-order valence-corrected chi connectivity index (χ1v) is 12.4. The van der Waals surface area contributed by atoms with Crippen LogP contribution in [0.3, 0.4) is 0 Å². The van der Waals surface area contributed by atoms with E-state index in [4.69, 9.17) is 26.1 Å². The van der Waals surface area contributed by atoms with Crippen LogP contribution in [0.1, 0.15) is 37.0 Å². The molecule has 2 heterocycles. The van der Waals surface area contributed by atoms with Crippen LogP contribution in [-0.2, 0) is 4.74 Å². The van der Waals surface area contributed by atoms with E-state index in [9.17, 15) is 4.79 Å². The third-order valence-electron chi connectivity index (χ3n) is 5.03. The van der Waals surface area contributed by atoms with Crippen LogP contribution >= 0.6 is 34.7 Å². The molecule has 1 amide bonds. The van der Waals surface area contributed by atoms with Gasteiger partial charge in [0.25, 0.3) is 5.91 Å². The summed E-state index contributed by atoms with van der Waals surface area (Å²) >= 11 is 9.59. The number of amides is 1. The summed E-state index contributed by atoms with van der Waals surface area (Å²) in [5.41, 5.74) is 1.30. The fourth-order valence-corrected chi connectivity index (χ4v) is 5.67. The number of methoxy groups -OCH3 is 1. The number of thioether (sulfide) groups is 1. The highest BCUT2D eigenvalue weighted by Gasteiger charge is 2.28. The number of hydrogen-bond acceptors (Lipinski definition) is 6. The van der Waals surface area contributed by atoms with Crippen LogP contribution in [0.25, 0.3) is 10.2 Å². The Morgan fingerprint density at radius 3 is 2.74 bits per heavy atom. The molecule has 5 nitrogen and oxygen atoms in total. The van der Waals surface area contributed by atoms with Gasteiger partial charge in [-0.25, -0.2) is 4.98 Å². The zero-order chi connectivity index (χ0) is 22.0. The summed E-state index contributed by atoms with van der Waals surface area (Å²) in [4.78, 5) is 21.2. The van der Waals surface area contributed by atoms with Gasteiger partial charge in [0.2, 0.25) is 0 Å². The maximum absolute atomic E-state index is 13.5. The number of ether oxygens (including phenoxy) is 2. The quantitative estimate of drug-likeness (QED) is 0.375. The average molecular weight is 477 g/mol. The van der Waals surface area contributed by atoms with Gasteiger partial charge in [-0.15, -0.1) is 11.8 Å². The van der Waals surface area contributed by atoms with E-state index in [1.54, 1.807) is 35.9 Å². The highest BCUT2D eigenvalue weighted by atomic mass is 35.5. The lowest BCUT2D eigenvalue weighted by molar-refractivity contribution is 0.0917. The molecule has 1 aliphatic rings. The number of benzene rings is 2. The van der Waals surface area contributed by atoms with E-state index in [1.807, 2.05) is 24.3 Å². The van der Waals surface area contributed by atoms with Crippen LogP contribution < -0.4 is 9.64 Å². The SMILES string of the molecule is COc1ccc(Cl)c2sc(N(CC3CCCO3)C(=O)c3ccc(SC(C)C)cc3)nc12. The highest BCUT2D eigenvalue weighted by molar-refractivity contribution is 7.99. The van der Waals surface area contributed by atoms with Gasteiger partial charge in [0, 0.05) is 22.3 Å². The van der Waals surface area contributed by atoms with Gasteiger partial charge < -0.3 is 9.47 Å². The molecule has 1 fully saturated rings. The predicted octanol–water partition coefficient (Wildman–Crippen LogP) is 6.28. The lowest BCUT2D eigenvalue weighted by Gasteiger charge is -2.23. The first-order chi connectivity index (χ1) is 15.0. The Balaban J connectivity index is 1.69. The third kappa shape index (κ3) is 5.00. The van der Waals surface area contributed by atoms with E-state index in [2.05, 4.69) is 13.8 Å². The minimum absolute atomic E-state index is 0.00380. The lowest BCUT2D eigenvalue weighted by Crippen LogP contribution is -2.37. The molecule has 0 radical (unpaired) electrons. The molecule has 4 rings (SSSR count). The summed E-state index contributed by atoms with van der Waals surface area (Å²) in [5, 5.41) is 1.68. The number of carbonyl (C=O) groups is 1. The number of nitrogens with zero attached hydrogens (tertiary/aromatic N) is 2. The molecule has 1 aliphatic heterocycles. The Hall–Kier alpha value is -1.80. The van der Waals surface area contributed by atoms with E-state index < -0.39 is 0 Å². The molecule has 0 saturated carbocycles. The minimum atomic E-state index is -0.0919. The van der Waals surface area contributed by atoms with E-state index >= 15 is 0 Å². The molecule has 164 valence electrons. The molecule has 3 aromatic rings. The second-order valence-corrected chi connectivity index (χ2v) is 10.7. The molecular formula is C23H25ClN2O3S2. The first kappa shape index (κ1) is 22.4. The summed E-state index contributed by atoms with van der Waals surface area (Å²) in [6.07, 6.45) is 1.94. The molecular weight excluding hydrogens is 452 g/mol. The summed E-state index contributed by atoms with van der Waals surface area (Å²) in [6.45, 7) is 5.49. The molecule has 8 heteroatoms. The number of aromatic nitrogens is 1. The molecule has 31 heavy (non-hydrogen) atoms. The number of rotatable bonds is 7. The average Bonchev–Trinajstić information content (AvgIpc) is 3.42. The Kier molecular flexibility index (Phi) is 7.06. The van der Waals surface area contributed by atoms with Crippen molar-refractivity contribution >= 4 is 56.0 Å². The summed E-state index contributed by atoms with van der Waals surface area (Å²) in [6, 6.07) is 11.4. The van der Waals surface area contributed by atoms with Crippen LogP contribution in [0.5, 0.6) is 5.75 Å². The minimum Gasteiger partial charge on any atom is -0.494 e. The smallest absolute Gasteiger partial charge is 0.260 e. The van der Waals surface area contributed by atoms with Crippen molar-refractivity contribution in [3.63, 3.8) is 0 Å². The molecule has 1 atom stereocenters. The van der Waals surface area contributed by atoms with E-state index in [1.165, 1.54) is 11.3 Å². The van der Waals surface area contributed by atoms with Crippen LogP contribution in [0, 0.1) is 0 Å². The number of halogens is 1. The van der Waals surface area contributed by atoms with Crippen molar-refractivity contribution in [2.75, 3.05) is 25.2 Å². The second-order valence-electron chi connectivity index (χ2n) is 7.67. The molecule has 0 aliphatic carbocycles. The fourth-order valence-electron chi connectivity index (χ4n) is 3.57. The van der Waals surface area contributed by atoms with Crippen molar-refractivity contribution in [1.82, 2.24) is 4.98 Å². The Bertz CT molecular complexity index is 1060. The Labute approximate surface area is 195 Å². The predicted molar refractivity (Wildman–Crippen MR) is 129 cm³/mol. The van der Waals surface area contributed by atoms with E-state index in [0.29, 0.717) is 38.8 Å². The number of anilines is 1. The summed E-state index contributed by atoms with van der Waals surface area (Å²) in [5.74, 6) is 0.548. The van der Waals surface area contributed by atoms with Gasteiger partial charge in [-0.05, 0) is 49.2 Å². The van der Waals surface area contributed by atoms with Crippen molar-refractivity contribution in [3.05, 3.63) is 47.0 Å². The zero-order valence-electron chi connectivity index (χ0n) is 17.8. The summed E-state index contributed by atoms with van der Waals surface area (Å²) in [7, 11) is 1.60. The zero-order valence-corrected chi connectivity index (χ0v) is 20.1. The van der Waals surface area contributed by atoms with Crippen LogP contribution in [-0.4, -0.2) is 42.5 Å². The Morgan fingerprint density at radius 2 is 2.10 bits per heavy atom. The molecule has 0 N–H and O–H groups in total.